The molecule has 0 aliphatic heterocycles. The zero-order valence-electron chi connectivity index (χ0n) is 18.6. The normalized spacial score (nSPS) is 11.7. The lowest BCUT2D eigenvalue weighted by molar-refractivity contribution is 0.0998. The first kappa shape index (κ1) is 22.8. The van der Waals surface area contributed by atoms with Gasteiger partial charge in [0.1, 0.15) is 11.5 Å². The van der Waals surface area contributed by atoms with E-state index in [1.807, 2.05) is 60.7 Å². The first-order chi connectivity index (χ1) is 16.4. The molecule has 1 atom stereocenters. The average Bonchev–Trinajstić information content (AvgIpc) is 2.83. The van der Waals surface area contributed by atoms with Crippen LogP contribution in [0.25, 0.3) is 0 Å². The highest BCUT2D eigenvalue weighted by Crippen LogP contribution is 2.25. The molecule has 2 aromatic carbocycles. The Morgan fingerprint density at radius 1 is 0.971 bits per heavy atom. The van der Waals surface area contributed by atoms with Crippen molar-refractivity contribution in [1.29, 1.82) is 0 Å². The van der Waals surface area contributed by atoms with E-state index >= 15 is 0 Å². The molecule has 0 saturated heterocycles. The smallest absolute Gasteiger partial charge is 0.339 e. The van der Waals surface area contributed by atoms with Crippen LogP contribution in [-0.4, -0.2) is 17.6 Å². The molecule has 0 aliphatic carbocycles. The van der Waals surface area contributed by atoms with Gasteiger partial charge in [0.25, 0.3) is 5.56 Å². The monoisotopic (exact) mass is 456 g/mol. The van der Waals surface area contributed by atoms with Gasteiger partial charge in [0, 0.05) is 24.8 Å². The van der Waals surface area contributed by atoms with Crippen LogP contribution in [0.2, 0.25) is 0 Å². The van der Waals surface area contributed by atoms with E-state index in [2.05, 4.69) is 0 Å². The number of carbonyl (C=O) groups excluding carboxylic acids is 1. The lowest BCUT2D eigenvalue weighted by Gasteiger charge is -2.21. The number of hydrogen-bond acceptors (Lipinski definition) is 5. The number of nitrogens with two attached hydrogens (primary N) is 1. The minimum atomic E-state index is -0.707. The minimum Gasteiger partial charge on any atom is -0.496 e. The fourth-order valence-corrected chi connectivity index (χ4v) is 3.94. The maximum absolute atomic E-state index is 13.3. The third-order valence-electron chi connectivity index (χ3n) is 5.60. The average molecular weight is 456 g/mol. The number of hydrogen-bond donors (Lipinski definition) is 1. The van der Waals surface area contributed by atoms with Crippen LogP contribution in [0, 0.1) is 0 Å². The molecule has 0 fully saturated rings. The summed E-state index contributed by atoms with van der Waals surface area (Å²) < 4.78 is 12.1. The molecule has 0 spiro atoms. The molecule has 1 amide bonds. The van der Waals surface area contributed by atoms with E-state index in [4.69, 9.17) is 14.9 Å². The van der Waals surface area contributed by atoms with Crippen LogP contribution >= 0.6 is 0 Å². The van der Waals surface area contributed by atoms with Gasteiger partial charge in [-0.25, -0.2) is 4.79 Å². The Kier molecular flexibility index (Phi) is 6.73. The standard InChI is InChI=1S/C27H24N2O5/c1-33-21-15-24(34-26(31)16-21)23(13-19-10-6-3-7-11-19)29-17-22(27(28)32)20(14-25(29)30)12-18-8-4-2-5-9-18/h2-11,14-17,23H,12-13H2,1H3,(H2,28,32)/t23-/m0/s1. The van der Waals surface area contributed by atoms with E-state index < -0.39 is 17.6 Å². The van der Waals surface area contributed by atoms with Gasteiger partial charge in [-0.1, -0.05) is 60.7 Å². The van der Waals surface area contributed by atoms with E-state index in [-0.39, 0.29) is 16.9 Å². The van der Waals surface area contributed by atoms with Crippen molar-refractivity contribution in [1.82, 2.24) is 4.57 Å². The zero-order chi connectivity index (χ0) is 24.1. The molecule has 0 unspecified atom stereocenters. The van der Waals surface area contributed by atoms with E-state index in [0.29, 0.717) is 24.2 Å². The third kappa shape index (κ3) is 5.15. The zero-order valence-corrected chi connectivity index (χ0v) is 18.6. The second-order valence-electron chi connectivity index (χ2n) is 7.91. The molecule has 0 bridgehead atoms. The Hall–Kier alpha value is -4.39. The van der Waals surface area contributed by atoms with Crippen molar-refractivity contribution in [3.8, 4) is 5.75 Å². The molecule has 7 nitrogen and oxygen atoms in total. The van der Waals surface area contributed by atoms with Crippen LogP contribution in [0.5, 0.6) is 5.75 Å². The Morgan fingerprint density at radius 2 is 1.62 bits per heavy atom. The summed E-state index contributed by atoms with van der Waals surface area (Å²) in [4.78, 5) is 37.8. The van der Waals surface area contributed by atoms with Crippen LogP contribution in [0.1, 0.15) is 38.9 Å². The number of amides is 1. The van der Waals surface area contributed by atoms with Crippen molar-refractivity contribution >= 4 is 5.91 Å². The van der Waals surface area contributed by atoms with Crippen LogP contribution in [-0.2, 0) is 12.8 Å². The van der Waals surface area contributed by atoms with Gasteiger partial charge in [-0.2, -0.15) is 0 Å². The van der Waals surface area contributed by atoms with Gasteiger partial charge in [0.2, 0.25) is 5.91 Å². The first-order valence-electron chi connectivity index (χ1n) is 10.8. The molecule has 0 radical (unpaired) electrons. The molecule has 172 valence electrons. The molecular formula is C27H24N2O5. The van der Waals surface area contributed by atoms with Gasteiger partial charge in [0.05, 0.1) is 24.8 Å². The third-order valence-corrected chi connectivity index (χ3v) is 5.60. The second kappa shape index (κ2) is 10.0. The Bertz CT molecular complexity index is 1410. The number of methoxy groups -OCH3 is 1. The van der Waals surface area contributed by atoms with Gasteiger partial charge >= 0.3 is 5.63 Å². The van der Waals surface area contributed by atoms with Crippen LogP contribution in [0.15, 0.2) is 99.1 Å². The molecule has 4 rings (SSSR count). The molecule has 2 aromatic heterocycles. The fraction of sp³-hybridized carbons (Fsp3) is 0.148. The Morgan fingerprint density at radius 3 is 2.24 bits per heavy atom. The maximum Gasteiger partial charge on any atom is 0.339 e. The highest BCUT2D eigenvalue weighted by molar-refractivity contribution is 5.94. The SMILES string of the molecule is COc1cc([C@H](Cc2ccccc2)n2cc(C(N)=O)c(Cc3ccccc3)cc2=O)oc(=O)c1. The number of pyridine rings is 1. The highest BCUT2D eigenvalue weighted by Gasteiger charge is 2.23. The van der Waals surface area contributed by atoms with Crippen molar-refractivity contribution < 1.29 is 13.9 Å². The van der Waals surface area contributed by atoms with Crippen molar-refractivity contribution in [3.63, 3.8) is 0 Å². The quantitative estimate of drug-likeness (QED) is 0.438. The second-order valence-corrected chi connectivity index (χ2v) is 7.91. The number of benzene rings is 2. The number of rotatable bonds is 8. The van der Waals surface area contributed by atoms with Gasteiger partial charge in [-0.15, -0.1) is 0 Å². The summed E-state index contributed by atoms with van der Waals surface area (Å²) in [6, 6.07) is 22.5. The summed E-state index contributed by atoms with van der Waals surface area (Å²) in [5.74, 6) is -0.0973. The summed E-state index contributed by atoms with van der Waals surface area (Å²) in [7, 11) is 1.44. The molecule has 2 heterocycles. The van der Waals surface area contributed by atoms with Gasteiger partial charge < -0.3 is 19.5 Å². The number of ether oxygens (including phenoxy) is 1. The lowest BCUT2D eigenvalue weighted by Crippen LogP contribution is -2.30. The van der Waals surface area contributed by atoms with E-state index in [0.717, 1.165) is 11.1 Å². The number of carbonyl (C=O) groups is 1. The molecular weight excluding hydrogens is 432 g/mol. The Balaban J connectivity index is 1.86. The van der Waals surface area contributed by atoms with Crippen molar-refractivity contribution in [2.24, 2.45) is 5.73 Å². The first-order valence-corrected chi connectivity index (χ1v) is 10.8. The summed E-state index contributed by atoms with van der Waals surface area (Å²) in [6.07, 6.45) is 2.18. The molecule has 0 aliphatic rings. The van der Waals surface area contributed by atoms with Crippen LogP contribution < -0.4 is 21.7 Å². The van der Waals surface area contributed by atoms with Gasteiger partial charge in [-0.05, 0) is 23.1 Å². The lowest BCUT2D eigenvalue weighted by atomic mass is 9.99. The summed E-state index contributed by atoms with van der Waals surface area (Å²) in [5.41, 5.74) is 7.38. The molecule has 4 aromatic rings. The molecule has 7 heteroatoms. The van der Waals surface area contributed by atoms with Crippen molar-refractivity contribution in [3.05, 3.63) is 134 Å². The topological polar surface area (TPSA) is 105 Å². The van der Waals surface area contributed by atoms with Gasteiger partial charge in [0.15, 0.2) is 0 Å². The van der Waals surface area contributed by atoms with Crippen LogP contribution in [0.4, 0.5) is 0 Å². The minimum absolute atomic E-state index is 0.228. The largest absolute Gasteiger partial charge is 0.496 e. The maximum atomic E-state index is 13.3. The fourth-order valence-electron chi connectivity index (χ4n) is 3.94. The molecule has 0 saturated carbocycles. The van der Waals surface area contributed by atoms with E-state index in [1.54, 1.807) is 6.07 Å². The van der Waals surface area contributed by atoms with Crippen molar-refractivity contribution in [2.75, 3.05) is 7.11 Å². The predicted molar refractivity (Wildman–Crippen MR) is 128 cm³/mol. The molecule has 34 heavy (non-hydrogen) atoms. The summed E-state index contributed by atoms with van der Waals surface area (Å²) in [6.45, 7) is 0. The van der Waals surface area contributed by atoms with Crippen LogP contribution in [0.3, 0.4) is 0 Å². The highest BCUT2D eigenvalue weighted by atomic mass is 16.5. The van der Waals surface area contributed by atoms with Crippen molar-refractivity contribution in [2.45, 2.75) is 18.9 Å². The summed E-state index contributed by atoms with van der Waals surface area (Å²) in [5, 5.41) is 0. The predicted octanol–water partition coefficient (Wildman–Crippen LogP) is 3.33. The van der Waals surface area contributed by atoms with E-state index in [1.165, 1.54) is 30.0 Å². The van der Waals surface area contributed by atoms with Gasteiger partial charge in [-0.3, -0.25) is 9.59 Å². The number of primary amides is 1. The number of nitrogens with zero attached hydrogens (tertiary/aromatic N) is 1. The van der Waals surface area contributed by atoms with E-state index in [9.17, 15) is 14.4 Å². The Labute approximate surface area is 196 Å². The molecule has 2 N–H and O–H groups in total. The summed E-state index contributed by atoms with van der Waals surface area (Å²) >= 11 is 0. The number of aromatic nitrogens is 1.